The number of nitrogen functional groups attached to an aromatic ring is 1. The monoisotopic (exact) mass is 305 g/mol. The number of hydrogen-bond donors (Lipinski definition) is 2. The van der Waals surface area contributed by atoms with E-state index in [0.29, 0.717) is 21.4 Å². The van der Waals surface area contributed by atoms with Gasteiger partial charge in [-0.2, -0.15) is 5.26 Å². The summed E-state index contributed by atoms with van der Waals surface area (Å²) < 4.78 is 13.5. The molecule has 0 saturated heterocycles. The van der Waals surface area contributed by atoms with E-state index in [9.17, 15) is 4.39 Å². The fourth-order valence-electron chi connectivity index (χ4n) is 1.45. The van der Waals surface area contributed by atoms with Crippen molar-refractivity contribution in [2.24, 2.45) is 0 Å². The molecule has 3 N–H and O–H groups in total. The molecule has 3 nitrogen and oxygen atoms in total. The lowest BCUT2D eigenvalue weighted by Gasteiger charge is -2.10. The molecule has 90 valence electrons. The minimum absolute atomic E-state index is 0.319. The van der Waals surface area contributed by atoms with E-state index in [-0.39, 0.29) is 0 Å². The Balaban J connectivity index is 2.28. The molecule has 2 rings (SSSR count). The maximum Gasteiger partial charge on any atom is 0.139 e. The van der Waals surface area contributed by atoms with Gasteiger partial charge in [0, 0.05) is 11.8 Å². The third kappa shape index (κ3) is 2.60. The highest BCUT2D eigenvalue weighted by Crippen LogP contribution is 2.29. The second-order valence-electron chi connectivity index (χ2n) is 3.67. The summed E-state index contributed by atoms with van der Waals surface area (Å²) in [4.78, 5) is 0. The molecule has 18 heavy (non-hydrogen) atoms. The van der Waals surface area contributed by atoms with Gasteiger partial charge in [-0.05, 0) is 46.3 Å². The lowest BCUT2D eigenvalue weighted by Crippen LogP contribution is -1.97. The molecular formula is C13H9BrFN3. The van der Waals surface area contributed by atoms with Gasteiger partial charge in [-0.1, -0.05) is 0 Å². The SMILES string of the molecule is N#Cc1ccc(Nc2cc(Br)c(F)cc2N)cc1. The van der Waals surface area contributed by atoms with Gasteiger partial charge in [0.05, 0.1) is 27.5 Å². The first kappa shape index (κ1) is 12.4. The van der Waals surface area contributed by atoms with Gasteiger partial charge in [0.15, 0.2) is 0 Å². The van der Waals surface area contributed by atoms with E-state index in [1.54, 1.807) is 30.3 Å². The standard InChI is InChI=1S/C13H9BrFN3/c14-10-5-13(12(17)6-11(10)15)18-9-3-1-8(7-16)2-4-9/h1-6,18H,17H2. The first-order chi connectivity index (χ1) is 8.60. The highest BCUT2D eigenvalue weighted by molar-refractivity contribution is 9.10. The zero-order valence-corrected chi connectivity index (χ0v) is 10.8. The number of anilines is 3. The fourth-order valence-corrected chi connectivity index (χ4v) is 1.80. The number of nitriles is 1. The predicted molar refractivity (Wildman–Crippen MR) is 73.0 cm³/mol. The van der Waals surface area contributed by atoms with Gasteiger partial charge in [0.2, 0.25) is 0 Å². The first-order valence-corrected chi connectivity index (χ1v) is 5.91. The molecule has 0 heterocycles. The Kier molecular flexibility index (Phi) is 3.49. The summed E-state index contributed by atoms with van der Waals surface area (Å²) in [6, 6.07) is 11.8. The van der Waals surface area contributed by atoms with Crippen molar-refractivity contribution in [2.75, 3.05) is 11.1 Å². The van der Waals surface area contributed by atoms with Crippen LogP contribution in [-0.4, -0.2) is 0 Å². The second-order valence-corrected chi connectivity index (χ2v) is 4.52. The maximum absolute atomic E-state index is 13.2. The van der Waals surface area contributed by atoms with Gasteiger partial charge in [0.25, 0.3) is 0 Å². The Morgan fingerprint density at radius 2 is 1.89 bits per heavy atom. The third-order valence-corrected chi connectivity index (χ3v) is 2.99. The molecule has 0 amide bonds. The molecule has 0 fully saturated rings. The molecule has 5 heteroatoms. The summed E-state index contributed by atoms with van der Waals surface area (Å²) >= 11 is 3.10. The molecule has 0 spiro atoms. The largest absolute Gasteiger partial charge is 0.397 e. The third-order valence-electron chi connectivity index (χ3n) is 2.39. The average molecular weight is 306 g/mol. The number of nitrogens with one attached hydrogen (secondary N) is 1. The molecule has 0 aliphatic carbocycles. The minimum atomic E-state index is -0.405. The second kappa shape index (κ2) is 5.07. The Bertz CT molecular complexity index is 617. The summed E-state index contributed by atoms with van der Waals surface area (Å²) in [5.74, 6) is -0.405. The normalized spacial score (nSPS) is 9.83. The van der Waals surface area contributed by atoms with Gasteiger partial charge in [-0.25, -0.2) is 4.39 Å². The van der Waals surface area contributed by atoms with Gasteiger partial charge in [-0.15, -0.1) is 0 Å². The van der Waals surface area contributed by atoms with Crippen molar-refractivity contribution < 1.29 is 4.39 Å². The molecule has 0 aliphatic heterocycles. The van der Waals surface area contributed by atoms with Crippen molar-refractivity contribution in [3.05, 3.63) is 52.3 Å². The zero-order valence-electron chi connectivity index (χ0n) is 9.24. The molecule has 0 aromatic heterocycles. The van der Waals surface area contributed by atoms with E-state index in [1.807, 2.05) is 6.07 Å². The van der Waals surface area contributed by atoms with Gasteiger partial charge < -0.3 is 11.1 Å². The van der Waals surface area contributed by atoms with E-state index in [0.717, 1.165) is 5.69 Å². The van der Waals surface area contributed by atoms with Crippen LogP contribution in [0.15, 0.2) is 40.9 Å². The summed E-state index contributed by atoms with van der Waals surface area (Å²) in [7, 11) is 0. The number of nitrogens with zero attached hydrogens (tertiary/aromatic N) is 1. The zero-order chi connectivity index (χ0) is 13.1. The van der Waals surface area contributed by atoms with Crippen LogP contribution in [0.5, 0.6) is 0 Å². The molecule has 0 radical (unpaired) electrons. The molecule has 0 atom stereocenters. The molecule has 0 bridgehead atoms. The van der Waals surface area contributed by atoms with Crippen LogP contribution in [0.3, 0.4) is 0 Å². The van der Waals surface area contributed by atoms with E-state index in [4.69, 9.17) is 11.0 Å². The van der Waals surface area contributed by atoms with E-state index >= 15 is 0 Å². The number of benzene rings is 2. The molecule has 2 aromatic carbocycles. The highest BCUT2D eigenvalue weighted by Gasteiger charge is 2.06. The van der Waals surface area contributed by atoms with Gasteiger partial charge in [-0.3, -0.25) is 0 Å². The molecule has 0 unspecified atom stereocenters. The van der Waals surface area contributed by atoms with Crippen LogP contribution < -0.4 is 11.1 Å². The number of nitrogens with two attached hydrogens (primary N) is 1. The molecular weight excluding hydrogens is 297 g/mol. The topological polar surface area (TPSA) is 61.8 Å². The van der Waals surface area contributed by atoms with E-state index in [1.165, 1.54) is 6.07 Å². The van der Waals surface area contributed by atoms with Crippen LogP contribution >= 0.6 is 15.9 Å². The lowest BCUT2D eigenvalue weighted by molar-refractivity contribution is 0.622. The Morgan fingerprint density at radius 3 is 2.50 bits per heavy atom. The number of halogens is 2. The summed E-state index contributed by atoms with van der Waals surface area (Å²) in [5.41, 5.74) is 8.00. The van der Waals surface area contributed by atoms with Crippen LogP contribution in [-0.2, 0) is 0 Å². The van der Waals surface area contributed by atoms with Gasteiger partial charge in [0.1, 0.15) is 5.82 Å². The van der Waals surface area contributed by atoms with Gasteiger partial charge >= 0.3 is 0 Å². The number of rotatable bonds is 2. The van der Waals surface area contributed by atoms with Crippen molar-refractivity contribution >= 4 is 33.0 Å². The van der Waals surface area contributed by atoms with E-state index < -0.39 is 5.82 Å². The minimum Gasteiger partial charge on any atom is -0.397 e. The Hall–Kier alpha value is -2.06. The smallest absolute Gasteiger partial charge is 0.139 e. The highest BCUT2D eigenvalue weighted by atomic mass is 79.9. The van der Waals surface area contributed by atoms with Crippen LogP contribution in [0.25, 0.3) is 0 Å². The van der Waals surface area contributed by atoms with Crippen molar-refractivity contribution in [1.29, 1.82) is 5.26 Å². The van der Waals surface area contributed by atoms with Crippen molar-refractivity contribution in [3.8, 4) is 6.07 Å². The van der Waals surface area contributed by atoms with Crippen LogP contribution in [0.4, 0.5) is 21.5 Å². The molecule has 0 saturated carbocycles. The van der Waals surface area contributed by atoms with Crippen LogP contribution in [0.2, 0.25) is 0 Å². The lowest BCUT2D eigenvalue weighted by atomic mass is 10.2. The summed E-state index contributed by atoms with van der Waals surface area (Å²) in [6.07, 6.45) is 0. The summed E-state index contributed by atoms with van der Waals surface area (Å²) in [5, 5.41) is 11.8. The Morgan fingerprint density at radius 1 is 1.22 bits per heavy atom. The van der Waals surface area contributed by atoms with E-state index in [2.05, 4.69) is 21.2 Å². The molecule has 0 aliphatic rings. The molecule has 2 aromatic rings. The quantitative estimate of drug-likeness (QED) is 0.830. The maximum atomic E-state index is 13.2. The number of hydrogen-bond acceptors (Lipinski definition) is 3. The predicted octanol–water partition coefficient (Wildman–Crippen LogP) is 3.79. The summed E-state index contributed by atoms with van der Waals surface area (Å²) in [6.45, 7) is 0. The van der Waals surface area contributed by atoms with Crippen molar-refractivity contribution in [2.45, 2.75) is 0 Å². The van der Waals surface area contributed by atoms with Crippen LogP contribution in [0.1, 0.15) is 5.56 Å². The fraction of sp³-hybridized carbons (Fsp3) is 0. The Labute approximate surface area is 112 Å². The van der Waals surface area contributed by atoms with Crippen LogP contribution in [0, 0.1) is 17.1 Å². The first-order valence-electron chi connectivity index (χ1n) is 5.12. The average Bonchev–Trinajstić information content (AvgIpc) is 2.37. The van der Waals surface area contributed by atoms with Crippen molar-refractivity contribution in [1.82, 2.24) is 0 Å². The van der Waals surface area contributed by atoms with Crippen molar-refractivity contribution in [3.63, 3.8) is 0 Å².